The Balaban J connectivity index is 1.88. The average molecular weight is 415 g/mol. The van der Waals surface area contributed by atoms with Gasteiger partial charge in [0.2, 0.25) is 10.0 Å². The molecular weight excluding hydrogens is 399 g/mol. The molecule has 2 aromatic rings. The van der Waals surface area contributed by atoms with Gasteiger partial charge in [-0.2, -0.15) is 0 Å². The number of carbonyl (C=O) groups is 1. The number of carbonyl (C=O) groups excluding carboxylic acids is 1. The highest BCUT2D eigenvalue weighted by molar-refractivity contribution is 7.92. The molecule has 1 N–H and O–H groups in total. The summed E-state index contributed by atoms with van der Waals surface area (Å²) in [5.74, 6) is -0.105. The first-order valence-corrected chi connectivity index (χ1v) is 10.3. The summed E-state index contributed by atoms with van der Waals surface area (Å²) in [5, 5.41) is 3.60. The third kappa shape index (κ3) is 4.23. The van der Waals surface area contributed by atoms with E-state index in [1.54, 1.807) is 36.4 Å². The molecule has 6 nitrogen and oxygen atoms in total. The molecule has 1 amide bonds. The first-order chi connectivity index (χ1) is 12.2. The molecule has 1 aliphatic heterocycles. The number of hydrogen-bond donors (Lipinski definition) is 1. The molecule has 9 heteroatoms. The van der Waals surface area contributed by atoms with Crippen LogP contribution in [0.25, 0.3) is 0 Å². The van der Waals surface area contributed by atoms with Crippen molar-refractivity contribution in [2.24, 2.45) is 0 Å². The summed E-state index contributed by atoms with van der Waals surface area (Å²) in [6.45, 7) is 0.0970. The standard InChI is InChI=1S/C17H16Cl2N2O4S/c1-26(23,24)21-8-7-16(25-15-6-5-12(19)10-14(15)21)17(22)20-13-4-2-3-11(18)9-13/h2-6,9-10,16H,7-8H2,1H3,(H,20,22)/t16-/m1/s1. The number of amides is 1. The van der Waals surface area contributed by atoms with E-state index in [0.29, 0.717) is 21.4 Å². The van der Waals surface area contributed by atoms with E-state index in [9.17, 15) is 13.2 Å². The fraction of sp³-hybridized carbons (Fsp3) is 0.235. The van der Waals surface area contributed by atoms with Gasteiger partial charge < -0.3 is 10.1 Å². The highest BCUT2D eigenvalue weighted by atomic mass is 35.5. The molecule has 3 rings (SSSR count). The first-order valence-electron chi connectivity index (χ1n) is 7.74. The Morgan fingerprint density at radius 1 is 1.19 bits per heavy atom. The van der Waals surface area contributed by atoms with Crippen LogP contribution in [-0.4, -0.2) is 33.2 Å². The van der Waals surface area contributed by atoms with Crippen LogP contribution < -0.4 is 14.4 Å². The van der Waals surface area contributed by atoms with Gasteiger partial charge in [-0.15, -0.1) is 0 Å². The summed E-state index contributed by atoms with van der Waals surface area (Å²) in [4.78, 5) is 12.6. The molecule has 0 aliphatic carbocycles. The number of sulfonamides is 1. The summed E-state index contributed by atoms with van der Waals surface area (Å²) in [5.41, 5.74) is 0.852. The maximum atomic E-state index is 12.6. The third-order valence-corrected chi connectivity index (χ3v) is 5.49. The Kier molecular flexibility index (Phi) is 5.32. The van der Waals surface area contributed by atoms with Crippen LogP contribution in [0.2, 0.25) is 10.0 Å². The number of hydrogen-bond acceptors (Lipinski definition) is 4. The second-order valence-electron chi connectivity index (χ2n) is 5.84. The molecule has 1 atom stereocenters. The Bertz CT molecular complexity index is 950. The number of nitrogens with zero attached hydrogens (tertiary/aromatic N) is 1. The third-order valence-electron chi connectivity index (χ3n) is 3.84. The lowest BCUT2D eigenvalue weighted by molar-refractivity contribution is -0.122. The van der Waals surface area contributed by atoms with Crippen LogP contribution in [0.3, 0.4) is 0 Å². The van der Waals surface area contributed by atoms with Crippen LogP contribution in [0.5, 0.6) is 5.75 Å². The minimum absolute atomic E-state index is 0.0970. The number of rotatable bonds is 3. The van der Waals surface area contributed by atoms with Crippen molar-refractivity contribution < 1.29 is 17.9 Å². The van der Waals surface area contributed by atoms with Crippen molar-refractivity contribution in [2.45, 2.75) is 12.5 Å². The van der Waals surface area contributed by atoms with Crippen LogP contribution in [0, 0.1) is 0 Å². The highest BCUT2D eigenvalue weighted by Crippen LogP contribution is 2.36. The second kappa shape index (κ2) is 7.34. The number of benzene rings is 2. The van der Waals surface area contributed by atoms with E-state index < -0.39 is 16.1 Å². The van der Waals surface area contributed by atoms with E-state index in [-0.39, 0.29) is 24.6 Å². The molecule has 1 heterocycles. The van der Waals surface area contributed by atoms with Crippen LogP contribution in [-0.2, 0) is 14.8 Å². The minimum Gasteiger partial charge on any atom is -0.478 e. The van der Waals surface area contributed by atoms with E-state index in [1.807, 2.05) is 0 Å². The summed E-state index contributed by atoms with van der Waals surface area (Å²) in [6, 6.07) is 11.4. The first kappa shape index (κ1) is 18.8. The van der Waals surface area contributed by atoms with Crippen molar-refractivity contribution >= 4 is 50.5 Å². The molecule has 2 aromatic carbocycles. The Labute approximate surface area is 161 Å². The van der Waals surface area contributed by atoms with E-state index in [1.165, 1.54) is 10.4 Å². The number of fused-ring (bicyclic) bond motifs is 1. The average Bonchev–Trinajstić information content (AvgIpc) is 2.73. The zero-order valence-electron chi connectivity index (χ0n) is 13.8. The van der Waals surface area contributed by atoms with Gasteiger partial charge in [0.15, 0.2) is 6.10 Å². The summed E-state index contributed by atoms with van der Waals surface area (Å²) in [7, 11) is -3.55. The fourth-order valence-electron chi connectivity index (χ4n) is 2.67. The van der Waals surface area contributed by atoms with Crippen LogP contribution in [0.4, 0.5) is 11.4 Å². The summed E-state index contributed by atoms with van der Waals surface area (Å²) >= 11 is 11.9. The van der Waals surface area contributed by atoms with Gasteiger partial charge in [0, 0.05) is 28.7 Å². The maximum Gasteiger partial charge on any atom is 0.265 e. The highest BCUT2D eigenvalue weighted by Gasteiger charge is 2.31. The number of halogens is 2. The SMILES string of the molecule is CS(=O)(=O)N1CC[C@H](C(=O)Nc2cccc(Cl)c2)Oc2ccc(Cl)cc21. The van der Waals surface area contributed by atoms with Crippen molar-refractivity contribution in [1.29, 1.82) is 0 Å². The molecule has 0 saturated carbocycles. The molecular formula is C17H16Cl2N2O4S. The smallest absolute Gasteiger partial charge is 0.265 e. The van der Waals surface area contributed by atoms with Crippen molar-refractivity contribution in [3.63, 3.8) is 0 Å². The second-order valence-corrected chi connectivity index (χ2v) is 8.62. The molecule has 26 heavy (non-hydrogen) atoms. The van der Waals surface area contributed by atoms with Gasteiger partial charge in [-0.05, 0) is 36.4 Å². The number of ether oxygens (including phenoxy) is 1. The molecule has 0 bridgehead atoms. The van der Waals surface area contributed by atoms with Crippen molar-refractivity contribution in [1.82, 2.24) is 0 Å². The fourth-order valence-corrected chi connectivity index (χ4v) is 3.96. The molecule has 1 aliphatic rings. The summed E-state index contributed by atoms with van der Waals surface area (Å²) in [6.07, 6.45) is 0.427. The van der Waals surface area contributed by atoms with E-state index in [4.69, 9.17) is 27.9 Å². The van der Waals surface area contributed by atoms with Crippen molar-refractivity contribution in [2.75, 3.05) is 22.4 Å². The lowest BCUT2D eigenvalue weighted by Gasteiger charge is -2.21. The molecule has 0 radical (unpaired) electrons. The van der Waals surface area contributed by atoms with Crippen LogP contribution in [0.15, 0.2) is 42.5 Å². The largest absolute Gasteiger partial charge is 0.478 e. The van der Waals surface area contributed by atoms with Crippen LogP contribution in [0.1, 0.15) is 6.42 Å². The molecule has 0 spiro atoms. The molecule has 0 aromatic heterocycles. The summed E-state index contributed by atoms with van der Waals surface area (Å²) < 4.78 is 31.2. The van der Waals surface area contributed by atoms with E-state index >= 15 is 0 Å². The quantitative estimate of drug-likeness (QED) is 0.832. The van der Waals surface area contributed by atoms with Gasteiger partial charge in [-0.3, -0.25) is 9.10 Å². The van der Waals surface area contributed by atoms with Gasteiger partial charge in [0.05, 0.1) is 11.9 Å². The normalized spacial score (nSPS) is 17.0. The number of nitrogens with one attached hydrogen (secondary N) is 1. The van der Waals surface area contributed by atoms with E-state index in [0.717, 1.165) is 6.26 Å². The molecule has 0 unspecified atom stereocenters. The Morgan fingerprint density at radius 2 is 1.92 bits per heavy atom. The maximum absolute atomic E-state index is 12.6. The predicted molar refractivity (Wildman–Crippen MR) is 103 cm³/mol. The lowest BCUT2D eigenvalue weighted by atomic mass is 10.2. The lowest BCUT2D eigenvalue weighted by Crippen LogP contribution is -2.35. The van der Waals surface area contributed by atoms with Crippen molar-refractivity contribution in [3.05, 3.63) is 52.5 Å². The van der Waals surface area contributed by atoms with E-state index in [2.05, 4.69) is 5.32 Å². The van der Waals surface area contributed by atoms with Gasteiger partial charge in [-0.25, -0.2) is 8.42 Å². The zero-order valence-corrected chi connectivity index (χ0v) is 16.1. The molecule has 138 valence electrons. The zero-order chi connectivity index (χ0) is 18.9. The topological polar surface area (TPSA) is 75.7 Å². The van der Waals surface area contributed by atoms with Gasteiger partial charge in [0.1, 0.15) is 5.75 Å². The monoisotopic (exact) mass is 414 g/mol. The van der Waals surface area contributed by atoms with Gasteiger partial charge in [-0.1, -0.05) is 29.3 Å². The van der Waals surface area contributed by atoms with Crippen molar-refractivity contribution in [3.8, 4) is 5.75 Å². The Morgan fingerprint density at radius 3 is 2.62 bits per heavy atom. The minimum atomic E-state index is -3.55. The van der Waals surface area contributed by atoms with Gasteiger partial charge >= 0.3 is 0 Å². The van der Waals surface area contributed by atoms with Gasteiger partial charge in [0.25, 0.3) is 5.91 Å². The molecule has 0 saturated heterocycles. The number of anilines is 2. The van der Waals surface area contributed by atoms with Crippen LogP contribution >= 0.6 is 23.2 Å². The predicted octanol–water partition coefficient (Wildman–Crippen LogP) is 3.55. The molecule has 0 fully saturated rings. The Hall–Kier alpha value is -1.96.